The zero-order valence-electron chi connectivity index (χ0n) is 22.4. The molecule has 8 nitrogen and oxygen atoms in total. The van der Waals surface area contributed by atoms with Gasteiger partial charge in [-0.25, -0.2) is 13.1 Å². The van der Waals surface area contributed by atoms with Crippen molar-refractivity contribution in [1.29, 1.82) is 0 Å². The van der Waals surface area contributed by atoms with Crippen LogP contribution in [0.1, 0.15) is 30.5 Å². The fourth-order valence-corrected chi connectivity index (χ4v) is 5.14. The average Bonchev–Trinajstić information content (AvgIpc) is 3.38. The zero-order chi connectivity index (χ0) is 28.5. The van der Waals surface area contributed by atoms with Gasteiger partial charge in [-0.1, -0.05) is 78.9 Å². The molecular weight excluding hydrogens is 524 g/mol. The third kappa shape index (κ3) is 7.77. The second-order valence-electron chi connectivity index (χ2n) is 9.65. The van der Waals surface area contributed by atoms with Crippen LogP contribution in [0.2, 0.25) is 0 Å². The molecule has 3 aromatic carbocycles. The number of anilines is 1. The van der Waals surface area contributed by atoms with E-state index in [1.165, 1.54) is 11.0 Å². The van der Waals surface area contributed by atoms with Gasteiger partial charge in [0.25, 0.3) is 10.0 Å². The number of para-hydroxylation sites is 1. The van der Waals surface area contributed by atoms with Crippen LogP contribution in [0.4, 0.5) is 5.69 Å². The van der Waals surface area contributed by atoms with Crippen molar-refractivity contribution in [2.75, 3.05) is 4.90 Å². The fraction of sp³-hybridized carbons (Fsp3) is 0.194. The number of hydrogen-bond donors (Lipinski definition) is 1. The highest BCUT2D eigenvalue weighted by atomic mass is 32.2. The molecule has 1 aromatic heterocycles. The van der Waals surface area contributed by atoms with Crippen molar-refractivity contribution in [3.8, 4) is 0 Å². The Morgan fingerprint density at radius 3 is 2.12 bits per heavy atom. The largest absolute Gasteiger partial charge is 0.309 e. The van der Waals surface area contributed by atoms with E-state index in [9.17, 15) is 18.0 Å². The van der Waals surface area contributed by atoms with Crippen LogP contribution in [0.15, 0.2) is 109 Å². The summed E-state index contributed by atoms with van der Waals surface area (Å²) in [6, 6.07) is 27.4. The van der Waals surface area contributed by atoms with Gasteiger partial charge in [0, 0.05) is 17.9 Å². The van der Waals surface area contributed by atoms with E-state index in [0.29, 0.717) is 23.4 Å². The molecule has 4 aromatic rings. The fourth-order valence-electron chi connectivity index (χ4n) is 4.31. The van der Waals surface area contributed by atoms with E-state index in [4.69, 9.17) is 0 Å². The minimum Gasteiger partial charge on any atom is -0.309 e. The summed E-state index contributed by atoms with van der Waals surface area (Å²) in [5.41, 5.74) is 2.97. The van der Waals surface area contributed by atoms with Gasteiger partial charge in [-0.2, -0.15) is 5.10 Å². The van der Waals surface area contributed by atoms with Crippen LogP contribution in [-0.4, -0.2) is 36.1 Å². The van der Waals surface area contributed by atoms with Crippen LogP contribution in [0, 0.1) is 5.92 Å². The monoisotopic (exact) mass is 556 g/mol. The Kier molecular flexibility index (Phi) is 9.29. The molecule has 0 fully saturated rings. The standard InChI is InChI=1S/C31H32N4O4S/c1-24(2)35(28-16-10-5-11-17-28)31(37)29(20-27-21-32-34(23-27)22-26-14-8-4-9-15-26)30(36)33-40(38,39)19-18-25-12-6-3-7-13-25/h3-19,21,23-24,29H,20,22H2,1-2H3,(H,33,36). The molecule has 206 valence electrons. The van der Waals surface area contributed by atoms with Crippen molar-refractivity contribution >= 4 is 33.6 Å². The first kappa shape index (κ1) is 28.5. The number of hydrogen-bond acceptors (Lipinski definition) is 5. The Labute approximate surface area is 235 Å². The summed E-state index contributed by atoms with van der Waals surface area (Å²) in [5, 5.41) is 5.32. The maximum Gasteiger partial charge on any atom is 0.257 e. The number of carbonyl (C=O) groups excluding carboxylic acids is 2. The van der Waals surface area contributed by atoms with Crippen molar-refractivity contribution < 1.29 is 18.0 Å². The van der Waals surface area contributed by atoms with Crippen LogP contribution in [-0.2, 0) is 32.6 Å². The Morgan fingerprint density at radius 2 is 1.50 bits per heavy atom. The van der Waals surface area contributed by atoms with E-state index in [1.807, 2.05) is 56.3 Å². The smallest absolute Gasteiger partial charge is 0.257 e. The quantitative estimate of drug-likeness (QED) is 0.271. The highest BCUT2D eigenvalue weighted by Gasteiger charge is 2.35. The number of nitrogens with one attached hydrogen (secondary N) is 1. The molecule has 4 rings (SSSR count). The number of aromatic nitrogens is 2. The highest BCUT2D eigenvalue weighted by molar-refractivity contribution is 7.93. The molecule has 0 radical (unpaired) electrons. The molecule has 0 aliphatic rings. The lowest BCUT2D eigenvalue weighted by Crippen LogP contribution is -2.48. The Hall–Kier alpha value is -4.50. The van der Waals surface area contributed by atoms with Crippen molar-refractivity contribution in [2.24, 2.45) is 5.92 Å². The molecule has 0 spiro atoms. The lowest BCUT2D eigenvalue weighted by Gasteiger charge is -2.30. The van der Waals surface area contributed by atoms with E-state index < -0.39 is 27.8 Å². The molecule has 0 aliphatic carbocycles. The van der Waals surface area contributed by atoms with Gasteiger partial charge in [-0.15, -0.1) is 0 Å². The molecule has 9 heteroatoms. The summed E-state index contributed by atoms with van der Waals surface area (Å²) in [6.07, 6.45) is 4.74. The Morgan fingerprint density at radius 1 is 0.900 bits per heavy atom. The van der Waals surface area contributed by atoms with Crippen LogP contribution < -0.4 is 9.62 Å². The van der Waals surface area contributed by atoms with Crippen LogP contribution in [0.5, 0.6) is 0 Å². The maximum absolute atomic E-state index is 13.9. The summed E-state index contributed by atoms with van der Waals surface area (Å²) in [5.74, 6) is -2.71. The first-order valence-corrected chi connectivity index (χ1v) is 14.5. The SMILES string of the molecule is CC(C)N(C(=O)C(Cc1cnn(Cc2ccccc2)c1)C(=O)NS(=O)(=O)C=Cc1ccccc1)c1ccccc1. The van der Waals surface area contributed by atoms with Crippen molar-refractivity contribution in [3.05, 3.63) is 125 Å². The predicted molar refractivity (Wildman–Crippen MR) is 157 cm³/mol. The number of nitrogens with zero attached hydrogens (tertiary/aromatic N) is 3. The molecule has 1 atom stereocenters. The molecule has 1 heterocycles. The van der Waals surface area contributed by atoms with E-state index >= 15 is 0 Å². The lowest BCUT2D eigenvalue weighted by molar-refractivity contribution is -0.132. The van der Waals surface area contributed by atoms with Crippen LogP contribution in [0.25, 0.3) is 6.08 Å². The highest BCUT2D eigenvalue weighted by Crippen LogP contribution is 2.22. The zero-order valence-corrected chi connectivity index (χ0v) is 23.2. The minimum absolute atomic E-state index is 0.0204. The summed E-state index contributed by atoms with van der Waals surface area (Å²) in [4.78, 5) is 28.9. The van der Waals surface area contributed by atoms with Gasteiger partial charge in [-0.05, 0) is 55.2 Å². The molecule has 0 saturated heterocycles. The van der Waals surface area contributed by atoms with Crippen LogP contribution >= 0.6 is 0 Å². The Bertz CT molecular complexity index is 1550. The molecule has 40 heavy (non-hydrogen) atoms. The van der Waals surface area contributed by atoms with Gasteiger partial charge in [0.1, 0.15) is 5.92 Å². The third-order valence-corrected chi connectivity index (χ3v) is 7.18. The molecule has 1 N–H and O–H groups in total. The minimum atomic E-state index is -4.17. The molecule has 2 amide bonds. The summed E-state index contributed by atoms with van der Waals surface area (Å²) >= 11 is 0. The van der Waals surface area contributed by atoms with E-state index in [1.54, 1.807) is 65.6 Å². The number of sulfonamides is 1. The number of carbonyl (C=O) groups is 2. The lowest BCUT2D eigenvalue weighted by atomic mass is 9.98. The molecule has 0 saturated carbocycles. The molecule has 0 aliphatic heterocycles. The number of amides is 2. The summed E-state index contributed by atoms with van der Waals surface area (Å²) in [7, 11) is -4.17. The average molecular weight is 557 g/mol. The molecule has 1 unspecified atom stereocenters. The first-order valence-electron chi connectivity index (χ1n) is 12.9. The molecular formula is C31H32N4O4S. The van der Waals surface area contributed by atoms with Gasteiger partial charge < -0.3 is 4.90 Å². The number of rotatable bonds is 11. The van der Waals surface area contributed by atoms with E-state index in [2.05, 4.69) is 9.82 Å². The summed E-state index contributed by atoms with van der Waals surface area (Å²) in [6.45, 7) is 4.21. The van der Waals surface area contributed by atoms with Crippen molar-refractivity contribution in [3.63, 3.8) is 0 Å². The normalized spacial score (nSPS) is 12.4. The van der Waals surface area contributed by atoms with Gasteiger partial charge in [0.15, 0.2) is 0 Å². The van der Waals surface area contributed by atoms with Gasteiger partial charge in [0.2, 0.25) is 11.8 Å². The summed E-state index contributed by atoms with van der Waals surface area (Å²) < 4.78 is 29.4. The molecule has 0 bridgehead atoms. The first-order chi connectivity index (χ1) is 19.2. The van der Waals surface area contributed by atoms with Gasteiger partial charge >= 0.3 is 0 Å². The van der Waals surface area contributed by atoms with Gasteiger partial charge in [-0.3, -0.25) is 14.3 Å². The third-order valence-electron chi connectivity index (χ3n) is 6.20. The predicted octanol–water partition coefficient (Wildman–Crippen LogP) is 4.65. The van der Waals surface area contributed by atoms with Crippen molar-refractivity contribution in [2.45, 2.75) is 32.9 Å². The Balaban J connectivity index is 1.60. The number of benzene rings is 3. The van der Waals surface area contributed by atoms with Gasteiger partial charge in [0.05, 0.1) is 18.1 Å². The second kappa shape index (κ2) is 13.0. The maximum atomic E-state index is 13.9. The van der Waals surface area contributed by atoms with E-state index in [-0.39, 0.29) is 12.5 Å². The van der Waals surface area contributed by atoms with Crippen LogP contribution in [0.3, 0.4) is 0 Å². The second-order valence-corrected chi connectivity index (χ2v) is 11.2. The topological polar surface area (TPSA) is 101 Å². The van der Waals surface area contributed by atoms with Crippen molar-refractivity contribution in [1.82, 2.24) is 14.5 Å². The van der Waals surface area contributed by atoms with E-state index in [0.717, 1.165) is 11.0 Å².